The number of carbonyl (C=O) groups excluding carboxylic acids is 4. The number of hydrogen-bond donors (Lipinski definition) is 5. The van der Waals surface area contributed by atoms with Crippen LogP contribution in [0, 0.1) is 23.2 Å². The van der Waals surface area contributed by atoms with Crippen molar-refractivity contribution in [1.29, 1.82) is 0 Å². The maximum Gasteiger partial charge on any atom is 0.246 e. The quantitative estimate of drug-likeness (QED) is 0.0628. The lowest BCUT2D eigenvalue weighted by Gasteiger charge is -2.37. The van der Waals surface area contributed by atoms with Gasteiger partial charge in [0.25, 0.3) is 0 Å². The van der Waals surface area contributed by atoms with Crippen molar-refractivity contribution in [2.75, 3.05) is 13.1 Å². The summed E-state index contributed by atoms with van der Waals surface area (Å²) >= 11 is 1.58. The Morgan fingerprint density at radius 2 is 1.63 bits per heavy atom. The largest absolute Gasteiger partial charge is 0.391 e. The number of thiazole rings is 1. The Bertz CT molecular complexity index is 2380. The maximum atomic E-state index is 14.2. The second-order valence-corrected chi connectivity index (χ2v) is 20.8. The van der Waals surface area contributed by atoms with Crippen LogP contribution in [0.15, 0.2) is 66.4 Å². The smallest absolute Gasteiger partial charge is 0.246 e. The minimum Gasteiger partial charge on any atom is -0.391 e. The molecule has 2 aromatic carbocycles. The second-order valence-electron chi connectivity index (χ2n) is 19.9. The third-order valence-corrected chi connectivity index (χ3v) is 13.3. The summed E-state index contributed by atoms with van der Waals surface area (Å²) in [6.07, 6.45) is 6.41. The van der Waals surface area contributed by atoms with Crippen LogP contribution in [0.3, 0.4) is 0 Å². The maximum absolute atomic E-state index is 14.2. The first-order valence-corrected chi connectivity index (χ1v) is 22.8. The average molecular weight is 864 g/mol. The number of hydrogen-bond acceptors (Lipinski definition) is 8. The van der Waals surface area contributed by atoms with Gasteiger partial charge in [-0.25, -0.2) is 4.98 Å². The Balaban J connectivity index is 0.960. The number of aromatic nitrogens is 3. The van der Waals surface area contributed by atoms with Gasteiger partial charge >= 0.3 is 0 Å². The number of nitrogens with zero attached hydrogens (tertiary/aromatic N) is 3. The molecule has 0 aliphatic carbocycles. The third-order valence-electron chi connectivity index (χ3n) is 12.3. The van der Waals surface area contributed by atoms with E-state index in [1.807, 2.05) is 76.7 Å². The molecule has 12 nitrogen and oxygen atoms in total. The molecule has 5 N–H and O–H groups in total. The Labute approximate surface area is 370 Å². The number of likely N-dealkylation sites (tertiary alicyclic amines) is 1. The minimum atomic E-state index is -0.895. The van der Waals surface area contributed by atoms with Gasteiger partial charge in [-0.3, -0.25) is 24.2 Å². The molecule has 1 fully saturated rings. The van der Waals surface area contributed by atoms with E-state index in [1.165, 1.54) is 4.90 Å². The van der Waals surface area contributed by atoms with Gasteiger partial charge in [0.2, 0.25) is 23.6 Å². The number of pyridine rings is 1. The molecule has 1 aliphatic heterocycles. The highest BCUT2D eigenvalue weighted by atomic mass is 32.1. The van der Waals surface area contributed by atoms with E-state index in [4.69, 9.17) is 0 Å². The van der Waals surface area contributed by atoms with Gasteiger partial charge in [0.05, 0.1) is 28.2 Å². The van der Waals surface area contributed by atoms with Crippen LogP contribution in [0.4, 0.5) is 0 Å². The number of H-pyrrole nitrogens is 1. The highest BCUT2D eigenvalue weighted by Crippen LogP contribution is 2.39. The molecule has 1 saturated heterocycles. The second kappa shape index (κ2) is 19.1. The molecular formula is C49H65N7O5S. The van der Waals surface area contributed by atoms with Crippen LogP contribution >= 0.6 is 11.3 Å². The first-order valence-electron chi connectivity index (χ1n) is 21.9. The zero-order valence-corrected chi connectivity index (χ0v) is 38.7. The van der Waals surface area contributed by atoms with Crippen molar-refractivity contribution in [3.8, 4) is 10.4 Å². The molecule has 0 radical (unpaired) electrons. The number of aromatic amines is 1. The molecule has 4 heterocycles. The van der Waals surface area contributed by atoms with E-state index >= 15 is 0 Å². The van der Waals surface area contributed by atoms with Crippen LogP contribution in [0.2, 0.25) is 0 Å². The first-order chi connectivity index (χ1) is 29.2. The lowest BCUT2D eigenvalue weighted by atomic mass is 9.71. The van der Waals surface area contributed by atoms with Gasteiger partial charge in [-0.2, -0.15) is 0 Å². The molecule has 4 atom stereocenters. The summed E-state index contributed by atoms with van der Waals surface area (Å²) in [6, 6.07) is 14.1. The molecule has 0 saturated carbocycles. The summed E-state index contributed by atoms with van der Waals surface area (Å²) in [4.78, 5) is 68.9. The third kappa shape index (κ3) is 11.7. The van der Waals surface area contributed by atoms with Crippen molar-refractivity contribution in [1.82, 2.24) is 35.8 Å². The van der Waals surface area contributed by atoms with Gasteiger partial charge in [-0.1, -0.05) is 84.9 Å². The van der Waals surface area contributed by atoms with Crippen molar-refractivity contribution < 1.29 is 24.3 Å². The number of fused-ring (bicyclic) bond motifs is 3. The van der Waals surface area contributed by atoms with Crippen LogP contribution in [0.1, 0.15) is 117 Å². The highest BCUT2D eigenvalue weighted by molar-refractivity contribution is 7.13. The Hall–Kier alpha value is -5.14. The van der Waals surface area contributed by atoms with E-state index in [0.717, 1.165) is 61.9 Å². The standard InChI is InChI=1S/C49H65N7O5S/c1-30(33-12-14-34(15-13-33)43-31(2)52-29-62-43)53-45(60)40-25-35(57)27-56(40)46(61)44(47(3,4)5)55-42(59)18-20-48(6,7)28-49(8,9)21-23-51-41(58)17-11-32-10-16-36-37-26-50-22-19-38(37)54-39(36)24-32/h10,12-16,19,22,24,26,29-30,35,40,44,54,57H,11,17-18,20-21,23,25,27-28H2,1-9H3,(H,51,58)(H,53,60)(H,55,59)/t30-,35+,40-,44+/m0/s1. The summed E-state index contributed by atoms with van der Waals surface area (Å²) in [7, 11) is 0. The van der Waals surface area contributed by atoms with Crippen molar-refractivity contribution in [3.63, 3.8) is 0 Å². The van der Waals surface area contributed by atoms with Gasteiger partial charge < -0.3 is 30.9 Å². The first kappa shape index (κ1) is 46.4. The van der Waals surface area contributed by atoms with Crippen LogP contribution in [0.5, 0.6) is 0 Å². The highest BCUT2D eigenvalue weighted by Gasteiger charge is 2.45. The van der Waals surface area contributed by atoms with E-state index < -0.39 is 23.6 Å². The number of benzene rings is 2. The zero-order valence-electron chi connectivity index (χ0n) is 37.9. The average Bonchev–Trinajstić information content (AvgIpc) is 3.93. The summed E-state index contributed by atoms with van der Waals surface area (Å²) in [5.74, 6) is -0.932. The molecule has 62 heavy (non-hydrogen) atoms. The van der Waals surface area contributed by atoms with Crippen LogP contribution < -0.4 is 16.0 Å². The number of aliphatic hydroxyl groups is 1. The van der Waals surface area contributed by atoms with Gasteiger partial charge in [0, 0.05) is 66.6 Å². The van der Waals surface area contributed by atoms with Gasteiger partial charge in [0.1, 0.15) is 12.1 Å². The molecule has 13 heteroatoms. The molecular weight excluding hydrogens is 799 g/mol. The van der Waals surface area contributed by atoms with Crippen LogP contribution in [0.25, 0.3) is 32.2 Å². The van der Waals surface area contributed by atoms with Crippen molar-refractivity contribution >= 4 is 56.8 Å². The fourth-order valence-electron chi connectivity index (χ4n) is 9.01. The van der Waals surface area contributed by atoms with Crippen molar-refractivity contribution in [2.45, 2.75) is 131 Å². The molecule has 6 rings (SSSR count). The number of carbonyl (C=O) groups is 4. The van der Waals surface area contributed by atoms with Gasteiger partial charge in [-0.05, 0) is 84.6 Å². The Morgan fingerprint density at radius 3 is 2.32 bits per heavy atom. The van der Waals surface area contributed by atoms with Crippen LogP contribution in [-0.2, 0) is 25.6 Å². The molecule has 4 amide bonds. The molecule has 332 valence electrons. The number of aryl methyl sites for hydroxylation is 2. The number of aliphatic hydroxyl groups excluding tert-OH is 1. The lowest BCUT2D eigenvalue weighted by Crippen LogP contribution is -2.57. The molecule has 5 aromatic rings. The van der Waals surface area contributed by atoms with E-state index in [2.05, 4.69) is 76.8 Å². The monoisotopic (exact) mass is 863 g/mol. The fourth-order valence-corrected chi connectivity index (χ4v) is 9.82. The predicted molar refractivity (Wildman–Crippen MR) is 247 cm³/mol. The number of β-amino-alcohol motifs (C(OH)–C–C–N with tert-alkyl or cyclic N) is 1. The SMILES string of the molecule is Cc1ncsc1-c1ccc([C@H](C)NC(=O)[C@@H]2C[C@@H](O)CN2C(=O)[C@@H](NC(=O)CCC(C)(C)CC(C)(C)CCNC(=O)CCc2ccc3c(c2)[nH]c2ccncc23)C(C)(C)C)cc1. The van der Waals surface area contributed by atoms with Crippen molar-refractivity contribution in [2.24, 2.45) is 16.2 Å². The normalized spacial score (nSPS) is 17.0. The topological polar surface area (TPSA) is 169 Å². The van der Waals surface area contributed by atoms with Gasteiger partial charge in [-0.15, -0.1) is 11.3 Å². The van der Waals surface area contributed by atoms with E-state index in [9.17, 15) is 24.3 Å². The summed E-state index contributed by atoms with van der Waals surface area (Å²) in [5.41, 5.74) is 7.02. The van der Waals surface area contributed by atoms with E-state index in [0.29, 0.717) is 25.8 Å². The fraction of sp³-hybridized carbons (Fsp3) is 0.510. The molecule has 0 spiro atoms. The Kier molecular flexibility index (Phi) is 14.3. The van der Waals surface area contributed by atoms with Crippen LogP contribution in [-0.4, -0.2) is 79.9 Å². The van der Waals surface area contributed by atoms with E-state index in [-0.39, 0.29) is 59.9 Å². The predicted octanol–water partition coefficient (Wildman–Crippen LogP) is 8.18. The summed E-state index contributed by atoms with van der Waals surface area (Å²) < 4.78 is 0. The zero-order chi connectivity index (χ0) is 45.0. The molecule has 0 unspecified atom stereocenters. The lowest BCUT2D eigenvalue weighted by molar-refractivity contribution is -0.144. The summed E-state index contributed by atoms with van der Waals surface area (Å²) in [5, 5.41) is 22.1. The van der Waals surface area contributed by atoms with E-state index in [1.54, 1.807) is 17.5 Å². The number of amides is 4. The molecule has 0 bridgehead atoms. The summed E-state index contributed by atoms with van der Waals surface area (Å²) in [6.45, 7) is 18.8. The minimum absolute atomic E-state index is 0.0134. The number of nitrogens with one attached hydrogen (secondary N) is 4. The molecule has 1 aliphatic rings. The number of rotatable bonds is 17. The molecule has 3 aromatic heterocycles. The Morgan fingerprint density at radius 1 is 0.903 bits per heavy atom. The van der Waals surface area contributed by atoms with Crippen molar-refractivity contribution in [3.05, 3.63) is 83.3 Å². The van der Waals surface area contributed by atoms with Gasteiger partial charge in [0.15, 0.2) is 0 Å².